The molecular weight excluding hydrogens is 494 g/mol. The van der Waals surface area contributed by atoms with Crippen LogP contribution in [0.4, 0.5) is 0 Å². The first-order valence-electron chi connectivity index (χ1n) is 11.8. The molecule has 3 aromatic rings. The highest BCUT2D eigenvalue weighted by Crippen LogP contribution is 2.19. The van der Waals surface area contributed by atoms with Crippen molar-refractivity contribution in [3.05, 3.63) is 71.9 Å². The number of amides is 3. The van der Waals surface area contributed by atoms with Gasteiger partial charge in [-0.05, 0) is 17.2 Å². The van der Waals surface area contributed by atoms with Crippen LogP contribution in [0.1, 0.15) is 17.5 Å². The van der Waals surface area contributed by atoms with Crippen molar-refractivity contribution >= 4 is 40.6 Å². The second kappa shape index (κ2) is 13.0. The molecule has 0 saturated carbocycles. The lowest BCUT2D eigenvalue weighted by Gasteiger charge is -2.21. The number of aliphatic carboxylic acids is 2. The number of hydrogen-bond donors (Lipinski definition) is 7. The maximum Gasteiger partial charge on any atom is 0.326 e. The predicted octanol–water partition coefficient (Wildman–Crippen LogP) is -0.0745. The Labute approximate surface area is 217 Å². The molecule has 0 saturated heterocycles. The van der Waals surface area contributed by atoms with Gasteiger partial charge in [-0.2, -0.15) is 0 Å². The van der Waals surface area contributed by atoms with E-state index < -0.39 is 60.8 Å². The first kappa shape index (κ1) is 27.9. The van der Waals surface area contributed by atoms with Gasteiger partial charge in [-0.1, -0.05) is 48.5 Å². The molecule has 0 bridgehead atoms. The zero-order chi connectivity index (χ0) is 27.7. The molecule has 12 heteroatoms. The number of aromatic amines is 1. The lowest BCUT2D eigenvalue weighted by molar-refractivity contribution is -0.141. The molecule has 0 fully saturated rings. The van der Waals surface area contributed by atoms with Crippen molar-refractivity contribution in [3.63, 3.8) is 0 Å². The van der Waals surface area contributed by atoms with Crippen LogP contribution in [0.5, 0.6) is 0 Å². The summed E-state index contributed by atoms with van der Waals surface area (Å²) in [6, 6.07) is 12.3. The topological polar surface area (TPSA) is 204 Å². The second-order valence-electron chi connectivity index (χ2n) is 8.70. The first-order chi connectivity index (χ1) is 18.1. The van der Waals surface area contributed by atoms with Crippen LogP contribution in [0.3, 0.4) is 0 Å². The molecule has 38 heavy (non-hydrogen) atoms. The van der Waals surface area contributed by atoms with Gasteiger partial charge in [0, 0.05) is 29.9 Å². The molecule has 1 aromatic heterocycles. The maximum absolute atomic E-state index is 12.9. The second-order valence-corrected chi connectivity index (χ2v) is 8.70. The lowest BCUT2D eigenvalue weighted by Crippen LogP contribution is -2.54. The third-order valence-corrected chi connectivity index (χ3v) is 5.80. The monoisotopic (exact) mass is 523 g/mol. The number of aromatic nitrogens is 1. The minimum atomic E-state index is -1.37. The fraction of sp³-hybridized carbons (Fsp3) is 0.269. The minimum Gasteiger partial charge on any atom is -0.481 e. The van der Waals surface area contributed by atoms with Gasteiger partial charge < -0.3 is 36.9 Å². The van der Waals surface area contributed by atoms with Crippen molar-refractivity contribution in [1.82, 2.24) is 20.9 Å². The van der Waals surface area contributed by atoms with E-state index in [-0.39, 0.29) is 12.8 Å². The molecule has 3 rings (SSSR count). The lowest BCUT2D eigenvalue weighted by atomic mass is 10.0. The van der Waals surface area contributed by atoms with Crippen molar-refractivity contribution in [1.29, 1.82) is 0 Å². The molecule has 200 valence electrons. The first-order valence-corrected chi connectivity index (χ1v) is 11.8. The molecule has 3 amide bonds. The number of H-pyrrole nitrogens is 1. The number of nitrogens with two attached hydrogens (primary N) is 1. The largest absolute Gasteiger partial charge is 0.481 e. The van der Waals surface area contributed by atoms with E-state index in [4.69, 9.17) is 10.8 Å². The van der Waals surface area contributed by atoms with E-state index in [9.17, 15) is 29.1 Å². The number of para-hydroxylation sites is 1. The van der Waals surface area contributed by atoms with Crippen molar-refractivity contribution in [2.45, 2.75) is 37.4 Å². The zero-order valence-electron chi connectivity index (χ0n) is 20.3. The summed E-state index contributed by atoms with van der Waals surface area (Å²) in [6.07, 6.45) is 1.13. The molecule has 0 aliphatic heterocycles. The van der Waals surface area contributed by atoms with E-state index in [1.807, 2.05) is 24.3 Å². The number of carbonyl (C=O) groups is 5. The van der Waals surface area contributed by atoms with Crippen molar-refractivity contribution in [3.8, 4) is 0 Å². The van der Waals surface area contributed by atoms with E-state index in [0.29, 0.717) is 11.1 Å². The van der Waals surface area contributed by atoms with E-state index in [1.165, 1.54) is 0 Å². The highest BCUT2D eigenvalue weighted by molar-refractivity contribution is 5.94. The molecule has 0 radical (unpaired) electrons. The highest BCUT2D eigenvalue weighted by Gasteiger charge is 2.27. The number of carboxylic acid groups (broad SMARTS) is 2. The van der Waals surface area contributed by atoms with Crippen molar-refractivity contribution < 1.29 is 34.2 Å². The molecule has 0 spiro atoms. The number of benzene rings is 2. The Bertz CT molecular complexity index is 1310. The Hall–Kier alpha value is -4.71. The smallest absolute Gasteiger partial charge is 0.326 e. The molecule has 8 N–H and O–H groups in total. The number of carboxylic acids is 2. The summed E-state index contributed by atoms with van der Waals surface area (Å²) in [4.78, 5) is 63.5. The van der Waals surface area contributed by atoms with Gasteiger partial charge in [-0.25, -0.2) is 4.79 Å². The quantitative estimate of drug-likeness (QED) is 0.161. The third kappa shape index (κ3) is 7.90. The molecule has 3 atom stereocenters. The molecule has 3 unspecified atom stereocenters. The van der Waals surface area contributed by atoms with Crippen molar-refractivity contribution in [2.75, 3.05) is 6.54 Å². The summed E-state index contributed by atoms with van der Waals surface area (Å²) in [6.45, 7) is -0.543. The summed E-state index contributed by atoms with van der Waals surface area (Å²) >= 11 is 0. The van der Waals surface area contributed by atoms with Gasteiger partial charge in [0.2, 0.25) is 17.7 Å². The number of carbonyl (C=O) groups excluding carboxylic acids is 3. The number of fused-ring (bicyclic) bond motifs is 1. The van der Waals surface area contributed by atoms with Crippen molar-refractivity contribution in [2.24, 2.45) is 5.73 Å². The van der Waals surface area contributed by atoms with Gasteiger partial charge >= 0.3 is 11.9 Å². The van der Waals surface area contributed by atoms with Gasteiger partial charge in [0.25, 0.3) is 0 Å². The average molecular weight is 524 g/mol. The molecule has 0 aliphatic carbocycles. The van der Waals surface area contributed by atoms with Gasteiger partial charge in [0.1, 0.15) is 12.1 Å². The van der Waals surface area contributed by atoms with Crippen LogP contribution < -0.4 is 21.7 Å². The molecule has 0 aliphatic rings. The Morgan fingerprint density at radius 1 is 0.842 bits per heavy atom. The Kier molecular flexibility index (Phi) is 9.54. The van der Waals surface area contributed by atoms with Crippen LogP contribution in [0.25, 0.3) is 10.9 Å². The molecule has 12 nitrogen and oxygen atoms in total. The standard InChI is InChI=1S/C26H29N5O7/c27-18(12-23(33)34)24(35)31-20(10-15-6-2-1-3-7-15)25(36)29-14-22(32)30-21(26(37)38)11-16-13-28-19-9-5-4-8-17(16)19/h1-9,13,18,20-21,28H,10-12,14,27H2,(H,29,36)(H,30,32)(H,31,35)(H,33,34)(H,37,38). The van der Waals surface area contributed by atoms with Crippen LogP contribution in [0.2, 0.25) is 0 Å². The van der Waals surface area contributed by atoms with E-state index >= 15 is 0 Å². The zero-order valence-corrected chi connectivity index (χ0v) is 20.3. The van der Waals surface area contributed by atoms with Crippen LogP contribution in [-0.2, 0) is 36.8 Å². The van der Waals surface area contributed by atoms with Gasteiger partial charge in [0.15, 0.2) is 0 Å². The molecule has 2 aromatic carbocycles. The maximum atomic E-state index is 12.9. The molecule has 1 heterocycles. The fourth-order valence-corrected chi connectivity index (χ4v) is 3.88. The van der Waals surface area contributed by atoms with Crippen LogP contribution in [0, 0.1) is 0 Å². The Morgan fingerprint density at radius 3 is 2.21 bits per heavy atom. The van der Waals surface area contributed by atoms with Crippen LogP contribution in [0.15, 0.2) is 60.8 Å². The summed E-state index contributed by atoms with van der Waals surface area (Å²) in [5.41, 5.74) is 7.85. The summed E-state index contributed by atoms with van der Waals surface area (Å²) in [5, 5.41) is 26.6. The van der Waals surface area contributed by atoms with Crippen LogP contribution >= 0.6 is 0 Å². The van der Waals surface area contributed by atoms with Gasteiger partial charge in [0.05, 0.1) is 19.0 Å². The number of nitrogens with one attached hydrogen (secondary N) is 4. The fourth-order valence-electron chi connectivity index (χ4n) is 3.88. The minimum absolute atomic E-state index is 0.0210. The van der Waals surface area contributed by atoms with Gasteiger partial charge in [-0.15, -0.1) is 0 Å². The molecular formula is C26H29N5O7. The van der Waals surface area contributed by atoms with E-state index in [2.05, 4.69) is 20.9 Å². The Morgan fingerprint density at radius 2 is 1.53 bits per heavy atom. The highest BCUT2D eigenvalue weighted by atomic mass is 16.4. The number of hydrogen-bond acceptors (Lipinski definition) is 6. The predicted molar refractivity (Wildman–Crippen MR) is 137 cm³/mol. The third-order valence-electron chi connectivity index (χ3n) is 5.80. The summed E-state index contributed by atoms with van der Waals surface area (Å²) < 4.78 is 0. The summed E-state index contributed by atoms with van der Waals surface area (Å²) in [5.74, 6) is -4.80. The normalized spacial score (nSPS) is 13.2. The number of rotatable bonds is 13. The SMILES string of the molecule is NC(CC(=O)O)C(=O)NC(Cc1ccccc1)C(=O)NCC(=O)NC(Cc1c[nH]c2ccccc12)C(=O)O. The van der Waals surface area contributed by atoms with Crippen LogP contribution in [-0.4, -0.2) is 69.5 Å². The Balaban J connectivity index is 1.62. The average Bonchev–Trinajstić information content (AvgIpc) is 3.29. The van der Waals surface area contributed by atoms with Gasteiger partial charge in [-0.3, -0.25) is 19.2 Å². The van der Waals surface area contributed by atoms with E-state index in [0.717, 1.165) is 10.9 Å². The summed E-state index contributed by atoms with van der Waals surface area (Å²) in [7, 11) is 0. The van der Waals surface area contributed by atoms with E-state index in [1.54, 1.807) is 36.5 Å².